The van der Waals surface area contributed by atoms with Crippen LogP contribution in [-0.4, -0.2) is 10.2 Å². The number of rotatable bonds is 1. The Morgan fingerprint density at radius 1 is 1.10 bits per heavy atom. The van der Waals surface area contributed by atoms with Crippen molar-refractivity contribution in [3.63, 3.8) is 0 Å². The van der Waals surface area contributed by atoms with E-state index < -0.39 is 0 Å². The number of nitrogens with zero attached hydrogens (tertiary/aromatic N) is 2. The van der Waals surface area contributed by atoms with Crippen molar-refractivity contribution >= 4 is 0 Å². The summed E-state index contributed by atoms with van der Waals surface area (Å²) < 4.78 is 6.47. The normalized spacial score (nSPS) is 18.4. The van der Waals surface area contributed by atoms with Gasteiger partial charge in [0.2, 0.25) is 0 Å². The van der Waals surface area contributed by atoms with Crippen LogP contribution in [0.3, 0.4) is 0 Å². The minimum absolute atomic E-state index is 0.177. The Bertz CT molecular complexity index is 687. The molecule has 1 saturated carbocycles. The molecule has 1 aromatic carbocycles. The Morgan fingerprint density at radius 3 is 2.62 bits per heavy atom. The third-order valence-electron chi connectivity index (χ3n) is 4.75. The second-order valence-electron chi connectivity index (χ2n) is 6.49. The summed E-state index contributed by atoms with van der Waals surface area (Å²) in [5.74, 6) is 1.34. The highest BCUT2D eigenvalue weighted by Gasteiger charge is 2.44. The summed E-state index contributed by atoms with van der Waals surface area (Å²) in [5, 5.41) is 9.01. The molecule has 108 valence electrons. The van der Waals surface area contributed by atoms with Gasteiger partial charge in [0.25, 0.3) is 0 Å². The van der Waals surface area contributed by atoms with Gasteiger partial charge in [-0.2, -0.15) is 5.10 Å². The summed E-state index contributed by atoms with van der Waals surface area (Å²) in [5.41, 5.74) is 4.22. The lowest BCUT2D eigenvalue weighted by atomic mass is 9.85. The molecule has 0 radical (unpaired) electrons. The maximum Gasteiger partial charge on any atom is 0.136 e. The summed E-state index contributed by atoms with van der Waals surface area (Å²) in [6.07, 6.45) is 4.61. The molecule has 0 atom stereocenters. The van der Waals surface area contributed by atoms with Crippen LogP contribution in [0.2, 0.25) is 0 Å². The van der Waals surface area contributed by atoms with Gasteiger partial charge in [0.1, 0.15) is 17.0 Å². The molecule has 0 bridgehead atoms. The van der Waals surface area contributed by atoms with E-state index in [1.807, 2.05) is 12.1 Å². The van der Waals surface area contributed by atoms with Crippen LogP contribution in [0.1, 0.15) is 56.7 Å². The molecule has 0 amide bonds. The molecule has 1 fully saturated rings. The van der Waals surface area contributed by atoms with Crippen LogP contribution in [0.5, 0.6) is 5.75 Å². The van der Waals surface area contributed by atoms with E-state index in [4.69, 9.17) is 4.74 Å². The lowest BCUT2D eigenvalue weighted by Crippen LogP contribution is -2.34. The van der Waals surface area contributed by atoms with Gasteiger partial charge in [0.05, 0.1) is 5.69 Å². The first-order chi connectivity index (χ1) is 10.2. The SMILES string of the molecule is CC(C)c1cc2c(nn1)-c1ccccc1OC21CCCC1. The maximum atomic E-state index is 6.47. The minimum Gasteiger partial charge on any atom is -0.482 e. The van der Waals surface area contributed by atoms with Crippen molar-refractivity contribution in [1.82, 2.24) is 10.2 Å². The monoisotopic (exact) mass is 280 g/mol. The first-order valence-corrected chi connectivity index (χ1v) is 7.86. The van der Waals surface area contributed by atoms with Crippen LogP contribution < -0.4 is 4.74 Å². The number of benzene rings is 1. The van der Waals surface area contributed by atoms with Crippen LogP contribution in [-0.2, 0) is 5.60 Å². The Labute approximate surface area is 125 Å². The quantitative estimate of drug-likeness (QED) is 0.775. The van der Waals surface area contributed by atoms with Gasteiger partial charge in [-0.25, -0.2) is 0 Å². The molecule has 0 N–H and O–H groups in total. The predicted octanol–water partition coefficient (Wildman–Crippen LogP) is 4.43. The van der Waals surface area contributed by atoms with Gasteiger partial charge in [-0.05, 0) is 49.8 Å². The van der Waals surface area contributed by atoms with E-state index in [9.17, 15) is 0 Å². The second kappa shape index (κ2) is 4.55. The highest BCUT2D eigenvalue weighted by molar-refractivity contribution is 5.73. The van der Waals surface area contributed by atoms with E-state index in [2.05, 4.69) is 42.2 Å². The highest BCUT2D eigenvalue weighted by atomic mass is 16.5. The summed E-state index contributed by atoms with van der Waals surface area (Å²) >= 11 is 0. The van der Waals surface area contributed by atoms with E-state index in [1.165, 1.54) is 18.4 Å². The topological polar surface area (TPSA) is 35.0 Å². The molecule has 1 aromatic heterocycles. The van der Waals surface area contributed by atoms with Crippen molar-refractivity contribution in [2.45, 2.75) is 51.0 Å². The van der Waals surface area contributed by atoms with Crippen molar-refractivity contribution < 1.29 is 4.74 Å². The zero-order chi connectivity index (χ0) is 14.4. The Morgan fingerprint density at radius 2 is 1.86 bits per heavy atom. The number of aromatic nitrogens is 2. The van der Waals surface area contributed by atoms with Gasteiger partial charge in [-0.1, -0.05) is 26.0 Å². The van der Waals surface area contributed by atoms with E-state index in [0.29, 0.717) is 5.92 Å². The number of fused-ring (bicyclic) bond motifs is 4. The van der Waals surface area contributed by atoms with Crippen LogP contribution in [0, 0.1) is 0 Å². The average molecular weight is 280 g/mol. The van der Waals surface area contributed by atoms with Crippen LogP contribution in [0.4, 0.5) is 0 Å². The third kappa shape index (κ3) is 1.87. The Balaban J connectivity index is 1.96. The fourth-order valence-electron chi connectivity index (χ4n) is 3.57. The lowest BCUT2D eigenvalue weighted by Gasteiger charge is -2.37. The van der Waals surface area contributed by atoms with E-state index in [1.54, 1.807) is 0 Å². The standard InChI is InChI=1S/C18H20N2O/c1-12(2)15-11-14-17(20-19-15)13-7-3-4-8-16(13)21-18(14)9-5-6-10-18/h3-4,7-8,11-12H,5-6,9-10H2,1-2H3. The molecule has 0 saturated heterocycles. The zero-order valence-corrected chi connectivity index (χ0v) is 12.6. The molecule has 3 nitrogen and oxygen atoms in total. The third-order valence-corrected chi connectivity index (χ3v) is 4.75. The van der Waals surface area contributed by atoms with Gasteiger partial charge in [0, 0.05) is 11.1 Å². The van der Waals surface area contributed by atoms with Gasteiger partial charge in [-0.15, -0.1) is 5.10 Å². The number of hydrogen-bond acceptors (Lipinski definition) is 3. The van der Waals surface area contributed by atoms with Crippen LogP contribution >= 0.6 is 0 Å². The van der Waals surface area contributed by atoms with Crippen molar-refractivity contribution in [2.24, 2.45) is 0 Å². The molecular formula is C18H20N2O. The van der Waals surface area contributed by atoms with Crippen LogP contribution in [0.25, 0.3) is 11.3 Å². The lowest BCUT2D eigenvalue weighted by molar-refractivity contribution is 0.0702. The molecule has 1 aliphatic heterocycles. The van der Waals surface area contributed by atoms with Gasteiger partial charge in [0.15, 0.2) is 0 Å². The molecule has 2 heterocycles. The largest absolute Gasteiger partial charge is 0.482 e. The fraction of sp³-hybridized carbons (Fsp3) is 0.444. The molecule has 2 aliphatic rings. The second-order valence-corrected chi connectivity index (χ2v) is 6.49. The molecular weight excluding hydrogens is 260 g/mol. The number of para-hydroxylation sites is 1. The minimum atomic E-state index is -0.177. The summed E-state index contributed by atoms with van der Waals surface area (Å²) in [6, 6.07) is 10.4. The van der Waals surface area contributed by atoms with Crippen LogP contribution in [0.15, 0.2) is 30.3 Å². The Kier molecular flexibility index (Phi) is 2.78. The van der Waals surface area contributed by atoms with Crippen molar-refractivity contribution in [3.05, 3.63) is 41.6 Å². The van der Waals surface area contributed by atoms with Crippen molar-refractivity contribution in [1.29, 1.82) is 0 Å². The van der Waals surface area contributed by atoms with E-state index >= 15 is 0 Å². The van der Waals surface area contributed by atoms with Gasteiger partial charge < -0.3 is 4.74 Å². The highest BCUT2D eigenvalue weighted by Crippen LogP contribution is 2.51. The molecule has 1 aliphatic carbocycles. The number of hydrogen-bond donors (Lipinski definition) is 0. The summed E-state index contributed by atoms with van der Waals surface area (Å²) in [7, 11) is 0. The molecule has 21 heavy (non-hydrogen) atoms. The molecule has 4 rings (SSSR count). The first kappa shape index (κ1) is 12.8. The summed E-state index contributed by atoms with van der Waals surface area (Å²) in [4.78, 5) is 0. The Hall–Kier alpha value is -1.90. The number of ether oxygens (including phenoxy) is 1. The van der Waals surface area contributed by atoms with E-state index in [-0.39, 0.29) is 5.60 Å². The first-order valence-electron chi connectivity index (χ1n) is 7.86. The summed E-state index contributed by atoms with van der Waals surface area (Å²) in [6.45, 7) is 4.32. The molecule has 3 heteroatoms. The average Bonchev–Trinajstić information content (AvgIpc) is 2.96. The maximum absolute atomic E-state index is 6.47. The smallest absolute Gasteiger partial charge is 0.136 e. The molecule has 1 spiro atoms. The van der Waals surface area contributed by atoms with Gasteiger partial charge in [-0.3, -0.25) is 0 Å². The van der Waals surface area contributed by atoms with Gasteiger partial charge >= 0.3 is 0 Å². The molecule has 2 aromatic rings. The fourth-order valence-corrected chi connectivity index (χ4v) is 3.57. The van der Waals surface area contributed by atoms with Crippen molar-refractivity contribution in [3.8, 4) is 17.0 Å². The molecule has 0 unspecified atom stereocenters. The zero-order valence-electron chi connectivity index (χ0n) is 12.6. The van der Waals surface area contributed by atoms with Crippen molar-refractivity contribution in [2.75, 3.05) is 0 Å². The van der Waals surface area contributed by atoms with E-state index in [0.717, 1.165) is 35.5 Å². The predicted molar refractivity (Wildman–Crippen MR) is 82.3 cm³/mol.